The largest absolute Gasteiger partial charge is 0.456 e. The lowest BCUT2D eigenvalue weighted by Crippen LogP contribution is -2.41. The summed E-state index contributed by atoms with van der Waals surface area (Å²) in [6, 6.07) is 10.7. The first-order chi connectivity index (χ1) is 14.3. The summed E-state index contributed by atoms with van der Waals surface area (Å²) in [5.74, 6) is -2.53. The third-order valence-corrected chi connectivity index (χ3v) is 4.64. The van der Waals surface area contributed by atoms with Gasteiger partial charge in [0.15, 0.2) is 6.61 Å². The number of halogens is 3. The van der Waals surface area contributed by atoms with Crippen LogP contribution in [0, 0.1) is 0 Å². The standard InChI is InChI=1S/C19H16Cl3N3O5/c20-12-6-4-11(5-7-12)19(29)25-24-15(26)8-9-17(28)30-10-16(27)23-14-3-1-2-13(21)18(14)22/h1-7H,8-10H2,(H,23,27)(H,24,26)(H,25,29). The van der Waals surface area contributed by atoms with Gasteiger partial charge in [0, 0.05) is 17.0 Å². The Morgan fingerprint density at radius 1 is 0.833 bits per heavy atom. The van der Waals surface area contributed by atoms with E-state index in [0.29, 0.717) is 10.6 Å². The first kappa shape index (κ1) is 23.5. The molecule has 0 bridgehead atoms. The van der Waals surface area contributed by atoms with Crippen LogP contribution in [0.4, 0.5) is 5.69 Å². The zero-order valence-electron chi connectivity index (χ0n) is 15.3. The molecule has 2 aromatic rings. The average Bonchev–Trinajstić information content (AvgIpc) is 2.72. The van der Waals surface area contributed by atoms with Gasteiger partial charge in [0.1, 0.15) is 0 Å². The molecule has 11 heteroatoms. The van der Waals surface area contributed by atoms with Crippen LogP contribution in [-0.4, -0.2) is 30.3 Å². The lowest BCUT2D eigenvalue weighted by Gasteiger charge is -2.09. The molecule has 0 aromatic heterocycles. The lowest BCUT2D eigenvalue weighted by atomic mass is 10.2. The molecular weight excluding hydrogens is 457 g/mol. The van der Waals surface area contributed by atoms with E-state index in [0.717, 1.165) is 0 Å². The SMILES string of the molecule is O=C(CCC(=O)OCC(=O)Nc1cccc(Cl)c1Cl)NNC(=O)c1ccc(Cl)cc1. The number of anilines is 1. The van der Waals surface area contributed by atoms with Crippen LogP contribution in [0.1, 0.15) is 23.2 Å². The summed E-state index contributed by atoms with van der Waals surface area (Å²) in [7, 11) is 0. The Morgan fingerprint density at radius 3 is 2.23 bits per heavy atom. The minimum absolute atomic E-state index is 0.163. The number of benzene rings is 2. The molecule has 0 unspecified atom stereocenters. The molecule has 0 fully saturated rings. The van der Waals surface area contributed by atoms with Gasteiger partial charge in [-0.2, -0.15) is 0 Å². The van der Waals surface area contributed by atoms with Crippen molar-refractivity contribution in [1.82, 2.24) is 10.9 Å². The molecule has 0 saturated heterocycles. The van der Waals surface area contributed by atoms with Crippen LogP contribution in [0.15, 0.2) is 42.5 Å². The van der Waals surface area contributed by atoms with Crippen molar-refractivity contribution < 1.29 is 23.9 Å². The fourth-order valence-electron chi connectivity index (χ4n) is 2.08. The number of nitrogens with one attached hydrogen (secondary N) is 3. The molecule has 0 saturated carbocycles. The van der Waals surface area contributed by atoms with E-state index >= 15 is 0 Å². The first-order valence-corrected chi connectivity index (χ1v) is 9.64. The number of rotatable bonds is 7. The lowest BCUT2D eigenvalue weighted by molar-refractivity contribution is -0.148. The van der Waals surface area contributed by atoms with Crippen LogP contribution >= 0.6 is 34.8 Å². The van der Waals surface area contributed by atoms with Gasteiger partial charge in [0.25, 0.3) is 11.8 Å². The second kappa shape index (κ2) is 11.4. The Hall–Kier alpha value is -2.81. The topological polar surface area (TPSA) is 114 Å². The molecule has 0 radical (unpaired) electrons. The second-order valence-corrected chi connectivity index (χ2v) is 7.04. The monoisotopic (exact) mass is 471 g/mol. The molecule has 0 aliphatic heterocycles. The maximum absolute atomic E-state index is 11.8. The number of hydrazine groups is 1. The van der Waals surface area contributed by atoms with Crippen LogP contribution in [0.2, 0.25) is 15.1 Å². The normalized spacial score (nSPS) is 10.1. The Morgan fingerprint density at radius 2 is 1.53 bits per heavy atom. The van der Waals surface area contributed by atoms with Crippen molar-refractivity contribution in [2.75, 3.05) is 11.9 Å². The highest BCUT2D eigenvalue weighted by molar-refractivity contribution is 6.44. The van der Waals surface area contributed by atoms with Crippen LogP contribution in [0.3, 0.4) is 0 Å². The van der Waals surface area contributed by atoms with E-state index in [9.17, 15) is 19.2 Å². The van der Waals surface area contributed by atoms with Crippen molar-refractivity contribution in [3.63, 3.8) is 0 Å². The van der Waals surface area contributed by atoms with E-state index in [1.54, 1.807) is 12.1 Å². The van der Waals surface area contributed by atoms with Gasteiger partial charge in [-0.3, -0.25) is 30.0 Å². The smallest absolute Gasteiger partial charge is 0.306 e. The van der Waals surface area contributed by atoms with Crippen molar-refractivity contribution in [2.45, 2.75) is 12.8 Å². The van der Waals surface area contributed by atoms with Crippen LogP contribution in [0.5, 0.6) is 0 Å². The Labute approximate surface area is 186 Å². The second-order valence-electron chi connectivity index (χ2n) is 5.82. The minimum Gasteiger partial charge on any atom is -0.456 e. The summed E-state index contributed by atoms with van der Waals surface area (Å²) >= 11 is 17.5. The molecule has 0 heterocycles. The molecule has 0 aliphatic rings. The number of hydrogen-bond donors (Lipinski definition) is 3. The van der Waals surface area contributed by atoms with Crippen LogP contribution in [-0.2, 0) is 19.1 Å². The fourth-order valence-corrected chi connectivity index (χ4v) is 2.56. The maximum atomic E-state index is 11.8. The summed E-state index contributed by atoms with van der Waals surface area (Å²) in [6.45, 7) is -0.559. The molecule has 0 aliphatic carbocycles. The molecule has 2 rings (SSSR count). The van der Waals surface area contributed by atoms with E-state index in [1.165, 1.54) is 30.3 Å². The van der Waals surface area contributed by atoms with E-state index < -0.39 is 30.3 Å². The fraction of sp³-hybridized carbons (Fsp3) is 0.158. The Balaban J connectivity index is 1.66. The predicted octanol–water partition coefficient (Wildman–Crippen LogP) is 3.37. The summed E-state index contributed by atoms with van der Waals surface area (Å²) in [5, 5.41) is 3.35. The number of hydrogen-bond acceptors (Lipinski definition) is 5. The summed E-state index contributed by atoms with van der Waals surface area (Å²) < 4.78 is 4.80. The van der Waals surface area contributed by atoms with Crippen LogP contribution < -0.4 is 16.2 Å². The van der Waals surface area contributed by atoms with E-state index in [2.05, 4.69) is 16.2 Å². The van der Waals surface area contributed by atoms with Crippen molar-refractivity contribution in [3.8, 4) is 0 Å². The van der Waals surface area contributed by atoms with Crippen LogP contribution in [0.25, 0.3) is 0 Å². The molecule has 30 heavy (non-hydrogen) atoms. The maximum Gasteiger partial charge on any atom is 0.306 e. The quantitative estimate of drug-likeness (QED) is 0.422. The highest BCUT2D eigenvalue weighted by atomic mass is 35.5. The van der Waals surface area contributed by atoms with E-state index in [4.69, 9.17) is 39.5 Å². The van der Waals surface area contributed by atoms with Gasteiger partial charge in [-0.05, 0) is 36.4 Å². The zero-order valence-corrected chi connectivity index (χ0v) is 17.6. The van der Waals surface area contributed by atoms with Gasteiger partial charge in [-0.15, -0.1) is 0 Å². The van der Waals surface area contributed by atoms with Crippen molar-refractivity contribution in [1.29, 1.82) is 0 Å². The average molecular weight is 473 g/mol. The molecule has 2 aromatic carbocycles. The van der Waals surface area contributed by atoms with Crippen molar-refractivity contribution in [3.05, 3.63) is 63.1 Å². The van der Waals surface area contributed by atoms with Gasteiger partial charge in [-0.1, -0.05) is 40.9 Å². The van der Waals surface area contributed by atoms with Gasteiger partial charge in [0.05, 0.1) is 22.2 Å². The minimum atomic E-state index is -0.762. The summed E-state index contributed by atoms with van der Waals surface area (Å²) in [5.41, 5.74) is 4.96. The Bertz CT molecular complexity index is 951. The number of amides is 3. The predicted molar refractivity (Wildman–Crippen MR) is 112 cm³/mol. The third kappa shape index (κ3) is 7.55. The van der Waals surface area contributed by atoms with Crippen molar-refractivity contribution >= 4 is 64.2 Å². The Kier molecular flexibility index (Phi) is 8.91. The van der Waals surface area contributed by atoms with Gasteiger partial charge in [0.2, 0.25) is 5.91 Å². The number of carbonyl (C=O) groups excluding carboxylic acids is 4. The van der Waals surface area contributed by atoms with Gasteiger partial charge < -0.3 is 10.1 Å². The first-order valence-electron chi connectivity index (χ1n) is 8.50. The number of carbonyl (C=O) groups is 4. The van der Waals surface area contributed by atoms with E-state index in [1.807, 2.05) is 0 Å². The van der Waals surface area contributed by atoms with Gasteiger partial charge >= 0.3 is 5.97 Å². The number of esters is 1. The molecule has 3 amide bonds. The molecule has 8 nitrogen and oxygen atoms in total. The molecule has 0 atom stereocenters. The zero-order chi connectivity index (χ0) is 22.1. The van der Waals surface area contributed by atoms with E-state index in [-0.39, 0.29) is 28.6 Å². The number of ether oxygens (including phenoxy) is 1. The highest BCUT2D eigenvalue weighted by Crippen LogP contribution is 2.29. The third-order valence-electron chi connectivity index (χ3n) is 3.57. The van der Waals surface area contributed by atoms with Gasteiger partial charge in [-0.25, -0.2) is 0 Å². The molecule has 0 spiro atoms. The molecular formula is C19H16Cl3N3O5. The summed E-state index contributed by atoms with van der Waals surface area (Å²) in [6.07, 6.45) is -0.532. The highest BCUT2D eigenvalue weighted by Gasteiger charge is 2.13. The molecule has 158 valence electrons. The summed E-state index contributed by atoms with van der Waals surface area (Å²) in [4.78, 5) is 47.1. The van der Waals surface area contributed by atoms with Crippen molar-refractivity contribution in [2.24, 2.45) is 0 Å². The molecule has 3 N–H and O–H groups in total.